The van der Waals surface area contributed by atoms with Crippen LogP contribution in [0.5, 0.6) is 11.5 Å². The standard InChI is InChI=1S/C21H22N2O5/c1-26-12-11-23-20(24)18(14-9-10-16(27-2)17(13-14)28-3)19(21(23)25)22-15-7-5-4-6-8-15/h4-10,13,22H,11-12H2,1-3H3. The Balaban J connectivity index is 2.07. The highest BCUT2D eigenvalue weighted by Gasteiger charge is 2.39. The van der Waals surface area contributed by atoms with E-state index in [1.165, 1.54) is 26.2 Å². The van der Waals surface area contributed by atoms with Crippen LogP contribution >= 0.6 is 0 Å². The molecule has 1 N–H and O–H groups in total. The summed E-state index contributed by atoms with van der Waals surface area (Å²) in [6.45, 7) is 0.431. The van der Waals surface area contributed by atoms with E-state index in [1.807, 2.05) is 30.3 Å². The van der Waals surface area contributed by atoms with Crippen molar-refractivity contribution in [2.24, 2.45) is 0 Å². The van der Waals surface area contributed by atoms with Crippen LogP contribution in [0.3, 0.4) is 0 Å². The first-order chi connectivity index (χ1) is 13.6. The van der Waals surface area contributed by atoms with Gasteiger partial charge in [-0.05, 0) is 29.8 Å². The smallest absolute Gasteiger partial charge is 0.278 e. The van der Waals surface area contributed by atoms with Gasteiger partial charge in [0.2, 0.25) is 0 Å². The highest BCUT2D eigenvalue weighted by molar-refractivity contribution is 6.36. The molecule has 7 heteroatoms. The molecule has 1 heterocycles. The van der Waals surface area contributed by atoms with Crippen molar-refractivity contribution in [2.75, 3.05) is 39.8 Å². The Morgan fingerprint density at radius 3 is 2.25 bits per heavy atom. The summed E-state index contributed by atoms with van der Waals surface area (Å²) in [6, 6.07) is 14.4. The lowest BCUT2D eigenvalue weighted by atomic mass is 10.0. The maximum atomic E-state index is 13.1. The molecule has 0 aromatic heterocycles. The van der Waals surface area contributed by atoms with Gasteiger partial charge >= 0.3 is 0 Å². The second-order valence-electron chi connectivity index (χ2n) is 6.07. The molecule has 0 fully saturated rings. The first-order valence-corrected chi connectivity index (χ1v) is 8.74. The maximum Gasteiger partial charge on any atom is 0.278 e. The lowest BCUT2D eigenvalue weighted by Crippen LogP contribution is -2.35. The minimum atomic E-state index is -0.393. The number of hydrogen-bond acceptors (Lipinski definition) is 6. The highest BCUT2D eigenvalue weighted by atomic mass is 16.5. The van der Waals surface area contributed by atoms with E-state index in [9.17, 15) is 9.59 Å². The number of ether oxygens (including phenoxy) is 3. The molecule has 2 amide bonds. The van der Waals surface area contributed by atoms with E-state index in [-0.39, 0.29) is 30.3 Å². The van der Waals surface area contributed by atoms with Crippen molar-refractivity contribution >= 4 is 23.1 Å². The van der Waals surface area contributed by atoms with E-state index in [4.69, 9.17) is 14.2 Å². The third-order valence-electron chi connectivity index (χ3n) is 4.40. The van der Waals surface area contributed by atoms with Crippen LogP contribution in [0.25, 0.3) is 5.57 Å². The number of para-hydroxylation sites is 1. The van der Waals surface area contributed by atoms with Gasteiger partial charge in [0.05, 0.1) is 32.9 Å². The molecule has 0 spiro atoms. The monoisotopic (exact) mass is 382 g/mol. The Bertz CT molecular complexity index is 908. The van der Waals surface area contributed by atoms with Crippen molar-refractivity contribution in [3.8, 4) is 11.5 Å². The van der Waals surface area contributed by atoms with Gasteiger partial charge in [-0.15, -0.1) is 0 Å². The fourth-order valence-electron chi connectivity index (χ4n) is 3.00. The van der Waals surface area contributed by atoms with Gasteiger partial charge in [0.25, 0.3) is 11.8 Å². The van der Waals surface area contributed by atoms with Gasteiger partial charge in [0, 0.05) is 12.8 Å². The predicted octanol–water partition coefficient (Wildman–Crippen LogP) is 2.54. The lowest BCUT2D eigenvalue weighted by molar-refractivity contribution is -0.137. The quantitative estimate of drug-likeness (QED) is 0.707. The Morgan fingerprint density at radius 1 is 0.893 bits per heavy atom. The van der Waals surface area contributed by atoms with E-state index in [1.54, 1.807) is 18.2 Å². The number of nitrogens with zero attached hydrogens (tertiary/aromatic N) is 1. The molecular formula is C21H22N2O5. The molecule has 0 bridgehead atoms. The lowest BCUT2D eigenvalue weighted by Gasteiger charge is -2.14. The van der Waals surface area contributed by atoms with Gasteiger partial charge in [-0.1, -0.05) is 24.3 Å². The van der Waals surface area contributed by atoms with Crippen LogP contribution in [0, 0.1) is 0 Å². The van der Waals surface area contributed by atoms with Crippen molar-refractivity contribution in [1.82, 2.24) is 4.90 Å². The number of rotatable bonds is 8. The van der Waals surface area contributed by atoms with Gasteiger partial charge in [-0.3, -0.25) is 14.5 Å². The second-order valence-corrected chi connectivity index (χ2v) is 6.07. The van der Waals surface area contributed by atoms with E-state index in [0.717, 1.165) is 0 Å². The molecule has 2 aromatic rings. The summed E-state index contributed by atoms with van der Waals surface area (Å²) in [5, 5.41) is 3.10. The summed E-state index contributed by atoms with van der Waals surface area (Å²) in [7, 11) is 4.58. The molecule has 7 nitrogen and oxygen atoms in total. The molecule has 0 atom stereocenters. The zero-order valence-corrected chi connectivity index (χ0v) is 16.0. The number of amides is 2. The van der Waals surface area contributed by atoms with Gasteiger partial charge in [0.15, 0.2) is 11.5 Å². The van der Waals surface area contributed by atoms with Crippen molar-refractivity contribution in [1.29, 1.82) is 0 Å². The molecule has 0 unspecified atom stereocenters. The molecule has 1 aliphatic rings. The minimum absolute atomic E-state index is 0.172. The largest absolute Gasteiger partial charge is 0.493 e. The number of methoxy groups -OCH3 is 3. The van der Waals surface area contributed by atoms with Crippen molar-refractivity contribution in [3.63, 3.8) is 0 Å². The maximum absolute atomic E-state index is 13.1. The number of hydrogen-bond donors (Lipinski definition) is 1. The zero-order chi connectivity index (χ0) is 20.1. The molecule has 3 rings (SSSR count). The summed E-state index contributed by atoms with van der Waals surface area (Å²) in [6.07, 6.45) is 0. The van der Waals surface area contributed by atoms with Crippen LogP contribution in [-0.2, 0) is 14.3 Å². The minimum Gasteiger partial charge on any atom is -0.493 e. The fourth-order valence-corrected chi connectivity index (χ4v) is 3.00. The number of imide groups is 1. The first kappa shape index (κ1) is 19.4. The summed E-state index contributed by atoms with van der Waals surface area (Å²) >= 11 is 0. The average molecular weight is 382 g/mol. The summed E-state index contributed by atoms with van der Waals surface area (Å²) in [5.41, 5.74) is 1.78. The first-order valence-electron chi connectivity index (χ1n) is 8.74. The number of nitrogens with one attached hydrogen (secondary N) is 1. The van der Waals surface area contributed by atoms with Crippen LogP contribution in [-0.4, -0.2) is 51.2 Å². The Morgan fingerprint density at radius 2 is 1.61 bits per heavy atom. The molecule has 0 radical (unpaired) electrons. The van der Waals surface area contributed by atoms with Gasteiger partial charge in [0.1, 0.15) is 5.70 Å². The van der Waals surface area contributed by atoms with Crippen LogP contribution in [0.1, 0.15) is 5.56 Å². The topological polar surface area (TPSA) is 77.1 Å². The Kier molecular flexibility index (Phi) is 5.96. The highest BCUT2D eigenvalue weighted by Crippen LogP contribution is 2.35. The number of carbonyl (C=O) groups is 2. The molecule has 0 saturated carbocycles. The number of carbonyl (C=O) groups excluding carboxylic acids is 2. The van der Waals surface area contributed by atoms with Crippen molar-refractivity contribution < 1.29 is 23.8 Å². The second kappa shape index (κ2) is 8.58. The van der Waals surface area contributed by atoms with Crippen LogP contribution in [0.2, 0.25) is 0 Å². The molecule has 0 aliphatic carbocycles. The molecule has 0 saturated heterocycles. The van der Waals surface area contributed by atoms with Crippen LogP contribution < -0.4 is 14.8 Å². The molecule has 146 valence electrons. The number of benzene rings is 2. The third-order valence-corrected chi connectivity index (χ3v) is 4.40. The Labute approximate surface area is 163 Å². The van der Waals surface area contributed by atoms with Gasteiger partial charge < -0.3 is 19.5 Å². The van der Waals surface area contributed by atoms with Crippen LogP contribution in [0.4, 0.5) is 5.69 Å². The van der Waals surface area contributed by atoms with Gasteiger partial charge in [-0.25, -0.2) is 0 Å². The summed E-state index contributed by atoms with van der Waals surface area (Å²) in [4.78, 5) is 27.2. The van der Waals surface area contributed by atoms with E-state index < -0.39 is 5.91 Å². The normalized spacial score (nSPS) is 13.9. The van der Waals surface area contributed by atoms with Gasteiger partial charge in [-0.2, -0.15) is 0 Å². The zero-order valence-electron chi connectivity index (χ0n) is 16.0. The average Bonchev–Trinajstić information content (AvgIpc) is 2.96. The SMILES string of the molecule is COCCN1C(=O)C(Nc2ccccc2)=C(c2ccc(OC)c(OC)c2)C1=O. The molecule has 2 aromatic carbocycles. The summed E-state index contributed by atoms with van der Waals surface area (Å²) in [5.74, 6) is 0.239. The molecule has 28 heavy (non-hydrogen) atoms. The van der Waals surface area contributed by atoms with Crippen LogP contribution in [0.15, 0.2) is 54.2 Å². The third kappa shape index (κ3) is 3.70. The molecular weight excluding hydrogens is 360 g/mol. The van der Waals surface area contributed by atoms with Crippen molar-refractivity contribution in [2.45, 2.75) is 0 Å². The summed E-state index contributed by atoms with van der Waals surface area (Å²) < 4.78 is 15.6. The Hall–Kier alpha value is -3.32. The van der Waals surface area contributed by atoms with E-state index in [0.29, 0.717) is 22.7 Å². The number of anilines is 1. The predicted molar refractivity (Wildman–Crippen MR) is 105 cm³/mol. The van der Waals surface area contributed by atoms with E-state index in [2.05, 4.69) is 5.32 Å². The van der Waals surface area contributed by atoms with E-state index >= 15 is 0 Å². The fraction of sp³-hybridized carbons (Fsp3) is 0.238. The van der Waals surface area contributed by atoms with Crippen molar-refractivity contribution in [3.05, 3.63) is 59.8 Å². The molecule has 1 aliphatic heterocycles.